The van der Waals surface area contributed by atoms with Gasteiger partial charge in [-0.05, 0) is 25.2 Å². The minimum absolute atomic E-state index is 0.186. The molecular weight excluding hydrogens is 152 g/mol. The van der Waals surface area contributed by atoms with Gasteiger partial charge in [-0.1, -0.05) is 12.2 Å². The summed E-state index contributed by atoms with van der Waals surface area (Å²) in [5.74, 6) is 0.692. The summed E-state index contributed by atoms with van der Waals surface area (Å²) in [7, 11) is 1.70. The van der Waals surface area contributed by atoms with Gasteiger partial charge in [0.15, 0.2) is 0 Å². The maximum Gasteiger partial charge on any atom is 0.123 e. The second-order valence-corrected chi connectivity index (χ2v) is 3.61. The van der Waals surface area contributed by atoms with E-state index >= 15 is 0 Å². The van der Waals surface area contributed by atoms with Crippen molar-refractivity contribution in [1.29, 1.82) is 0 Å². The van der Waals surface area contributed by atoms with Crippen molar-refractivity contribution in [2.45, 2.75) is 19.3 Å². The molecule has 2 nitrogen and oxygen atoms in total. The summed E-state index contributed by atoms with van der Waals surface area (Å²) in [6, 6.07) is 0. The average molecular weight is 168 g/mol. The summed E-state index contributed by atoms with van der Waals surface area (Å²) < 4.78 is 5.07. The molecule has 0 N–H and O–H groups in total. The third-order valence-corrected chi connectivity index (χ3v) is 2.36. The van der Waals surface area contributed by atoms with Crippen LogP contribution in [0.1, 0.15) is 19.3 Å². The molecule has 0 spiro atoms. The van der Waals surface area contributed by atoms with E-state index in [2.05, 4.69) is 6.58 Å². The molecule has 12 heavy (non-hydrogen) atoms. The fourth-order valence-electron chi connectivity index (χ4n) is 1.92. The molecule has 1 aliphatic carbocycles. The predicted molar refractivity (Wildman–Crippen MR) is 47.9 cm³/mol. The maximum atomic E-state index is 10.6. The molecular formula is C10H16O2. The molecule has 1 saturated carbocycles. The van der Waals surface area contributed by atoms with E-state index in [0.717, 1.165) is 32.2 Å². The Hall–Kier alpha value is -0.630. The van der Waals surface area contributed by atoms with Gasteiger partial charge in [-0.25, -0.2) is 0 Å². The predicted octanol–water partition coefficient (Wildman–Crippen LogP) is 1.80. The molecule has 0 aromatic rings. The molecule has 1 rings (SSSR count). The van der Waals surface area contributed by atoms with Crippen molar-refractivity contribution in [2.24, 2.45) is 11.8 Å². The van der Waals surface area contributed by atoms with Gasteiger partial charge in [0.2, 0.25) is 0 Å². The highest BCUT2D eigenvalue weighted by Gasteiger charge is 2.23. The molecule has 2 heteroatoms. The molecule has 0 heterocycles. The normalized spacial score (nSPS) is 30.2. The lowest BCUT2D eigenvalue weighted by atomic mass is 9.80. The quantitative estimate of drug-likeness (QED) is 0.474. The van der Waals surface area contributed by atoms with Crippen LogP contribution in [0.15, 0.2) is 12.2 Å². The molecule has 0 saturated heterocycles. The smallest absolute Gasteiger partial charge is 0.123 e. The van der Waals surface area contributed by atoms with E-state index in [1.165, 1.54) is 5.57 Å². The third kappa shape index (κ3) is 2.45. The van der Waals surface area contributed by atoms with E-state index in [4.69, 9.17) is 4.74 Å². The molecule has 0 aliphatic heterocycles. The summed E-state index contributed by atoms with van der Waals surface area (Å²) in [5.41, 5.74) is 1.19. The van der Waals surface area contributed by atoms with Crippen molar-refractivity contribution in [2.75, 3.05) is 13.7 Å². The lowest BCUT2D eigenvalue weighted by Gasteiger charge is -2.26. The van der Waals surface area contributed by atoms with Gasteiger partial charge < -0.3 is 9.53 Å². The Bertz CT molecular complexity index is 175. The summed E-state index contributed by atoms with van der Waals surface area (Å²) >= 11 is 0. The number of aldehydes is 1. The van der Waals surface area contributed by atoms with Crippen LogP contribution < -0.4 is 0 Å². The molecule has 0 amide bonds. The summed E-state index contributed by atoms with van der Waals surface area (Å²) in [4.78, 5) is 10.6. The van der Waals surface area contributed by atoms with Crippen LogP contribution >= 0.6 is 0 Å². The van der Waals surface area contributed by atoms with Crippen LogP contribution in [0.4, 0.5) is 0 Å². The molecule has 0 radical (unpaired) electrons. The van der Waals surface area contributed by atoms with Crippen LogP contribution in [0.25, 0.3) is 0 Å². The highest BCUT2D eigenvalue weighted by molar-refractivity contribution is 5.54. The van der Waals surface area contributed by atoms with Crippen molar-refractivity contribution < 1.29 is 9.53 Å². The largest absolute Gasteiger partial charge is 0.384 e. The number of hydrogen-bond donors (Lipinski definition) is 0. The highest BCUT2D eigenvalue weighted by atomic mass is 16.5. The Balaban J connectivity index is 2.44. The zero-order valence-electron chi connectivity index (χ0n) is 7.58. The van der Waals surface area contributed by atoms with E-state index in [0.29, 0.717) is 5.92 Å². The van der Waals surface area contributed by atoms with Crippen molar-refractivity contribution in [3.05, 3.63) is 12.2 Å². The highest BCUT2D eigenvalue weighted by Crippen LogP contribution is 2.30. The van der Waals surface area contributed by atoms with E-state index in [-0.39, 0.29) is 5.92 Å². The summed E-state index contributed by atoms with van der Waals surface area (Å²) in [6.07, 6.45) is 3.92. The SMILES string of the molecule is C=C1C[C@H](C=O)C[C@H](COC)C1. The number of rotatable bonds is 3. The van der Waals surface area contributed by atoms with Crippen LogP contribution in [0.3, 0.4) is 0 Å². The van der Waals surface area contributed by atoms with Crippen LogP contribution in [0.2, 0.25) is 0 Å². The van der Waals surface area contributed by atoms with Crippen LogP contribution in [0, 0.1) is 11.8 Å². The number of carbonyl (C=O) groups excluding carboxylic acids is 1. The van der Waals surface area contributed by atoms with Crippen molar-refractivity contribution in [1.82, 2.24) is 0 Å². The van der Waals surface area contributed by atoms with Gasteiger partial charge in [0.05, 0.1) is 0 Å². The van der Waals surface area contributed by atoms with Gasteiger partial charge in [-0.3, -0.25) is 0 Å². The Morgan fingerprint density at radius 1 is 1.67 bits per heavy atom. The van der Waals surface area contributed by atoms with Gasteiger partial charge in [-0.2, -0.15) is 0 Å². The zero-order chi connectivity index (χ0) is 8.97. The van der Waals surface area contributed by atoms with E-state index in [1.807, 2.05) is 0 Å². The van der Waals surface area contributed by atoms with Crippen molar-refractivity contribution in [3.63, 3.8) is 0 Å². The number of ether oxygens (including phenoxy) is 1. The van der Waals surface area contributed by atoms with Crippen LogP contribution in [-0.4, -0.2) is 20.0 Å². The summed E-state index contributed by atoms with van der Waals surface area (Å²) in [5, 5.41) is 0. The monoisotopic (exact) mass is 168 g/mol. The molecule has 1 fully saturated rings. The number of methoxy groups -OCH3 is 1. The van der Waals surface area contributed by atoms with Crippen LogP contribution in [0.5, 0.6) is 0 Å². The number of carbonyl (C=O) groups is 1. The third-order valence-electron chi connectivity index (χ3n) is 2.36. The molecule has 0 aromatic heterocycles. The Kier molecular flexibility index (Phi) is 3.48. The fourth-order valence-corrected chi connectivity index (χ4v) is 1.92. The molecule has 1 aliphatic rings. The zero-order valence-corrected chi connectivity index (χ0v) is 7.58. The lowest BCUT2D eigenvalue weighted by Crippen LogP contribution is -2.21. The molecule has 68 valence electrons. The van der Waals surface area contributed by atoms with Gasteiger partial charge in [-0.15, -0.1) is 0 Å². The van der Waals surface area contributed by atoms with E-state index < -0.39 is 0 Å². The first-order valence-corrected chi connectivity index (χ1v) is 4.37. The first kappa shape index (κ1) is 9.46. The fraction of sp³-hybridized carbons (Fsp3) is 0.700. The Labute approximate surface area is 73.6 Å². The second kappa shape index (κ2) is 4.41. The Morgan fingerprint density at radius 3 is 3.00 bits per heavy atom. The molecule has 0 unspecified atom stereocenters. The lowest BCUT2D eigenvalue weighted by molar-refractivity contribution is -0.112. The molecule has 2 atom stereocenters. The molecule has 0 aromatic carbocycles. The second-order valence-electron chi connectivity index (χ2n) is 3.61. The number of allylic oxidation sites excluding steroid dienone is 1. The minimum atomic E-state index is 0.186. The first-order valence-electron chi connectivity index (χ1n) is 4.37. The summed E-state index contributed by atoms with van der Waals surface area (Å²) in [6.45, 7) is 4.68. The number of hydrogen-bond acceptors (Lipinski definition) is 2. The standard InChI is InChI=1S/C10H16O2/c1-8-3-9(6-11)5-10(4-8)7-12-2/h6,9-10H,1,3-5,7H2,2H3/t9-,10+/m0/s1. The van der Waals surface area contributed by atoms with Gasteiger partial charge in [0.25, 0.3) is 0 Å². The first-order chi connectivity index (χ1) is 5.76. The van der Waals surface area contributed by atoms with Gasteiger partial charge in [0.1, 0.15) is 6.29 Å². The Morgan fingerprint density at radius 2 is 2.42 bits per heavy atom. The van der Waals surface area contributed by atoms with E-state index in [1.54, 1.807) is 7.11 Å². The van der Waals surface area contributed by atoms with Gasteiger partial charge in [0, 0.05) is 19.6 Å². The van der Waals surface area contributed by atoms with Crippen LogP contribution in [-0.2, 0) is 9.53 Å². The van der Waals surface area contributed by atoms with E-state index in [9.17, 15) is 4.79 Å². The van der Waals surface area contributed by atoms with Gasteiger partial charge >= 0.3 is 0 Å². The molecule has 0 bridgehead atoms. The van der Waals surface area contributed by atoms with Crippen molar-refractivity contribution in [3.8, 4) is 0 Å². The van der Waals surface area contributed by atoms with Crippen molar-refractivity contribution >= 4 is 6.29 Å². The average Bonchev–Trinajstić information content (AvgIpc) is 2.04. The maximum absolute atomic E-state index is 10.6. The minimum Gasteiger partial charge on any atom is -0.384 e. The topological polar surface area (TPSA) is 26.3 Å².